The number of benzene rings is 6. The van der Waals surface area contributed by atoms with E-state index in [1.54, 1.807) is 0 Å². The van der Waals surface area contributed by atoms with E-state index in [1.165, 1.54) is 49.7 Å². The quantitative estimate of drug-likeness (QED) is 0.0572. The molecule has 14 nitrogen and oxygen atoms in total. The van der Waals surface area contributed by atoms with Gasteiger partial charge in [-0.1, -0.05) is 218 Å². The monoisotopic (exact) mass is 1870 g/mol. The Morgan fingerprint density at radius 1 is 0.287 bits per heavy atom. The van der Waals surface area contributed by atoms with Crippen molar-refractivity contribution in [3.63, 3.8) is 0 Å². The second-order valence-electron chi connectivity index (χ2n) is 52.6. The Morgan fingerprint density at radius 3 is 0.904 bits per heavy atom. The van der Waals surface area contributed by atoms with Gasteiger partial charge in [0.15, 0.2) is 0 Å². The van der Waals surface area contributed by atoms with Crippen LogP contribution in [0.15, 0.2) is 163 Å². The molecule has 15 rings (SSSR count). The summed E-state index contributed by atoms with van der Waals surface area (Å²) in [7, 11) is 0. The van der Waals surface area contributed by atoms with Crippen LogP contribution in [0.2, 0.25) is 0 Å². The van der Waals surface area contributed by atoms with E-state index in [2.05, 4.69) is 381 Å². The predicted molar refractivity (Wildman–Crippen MR) is 578 cm³/mol. The van der Waals surface area contributed by atoms with E-state index in [9.17, 15) is 0 Å². The van der Waals surface area contributed by atoms with Crippen molar-refractivity contribution >= 4 is 43.9 Å². The summed E-state index contributed by atoms with van der Waals surface area (Å²) < 4.78 is 60.5. The third-order valence-corrected chi connectivity index (χ3v) is 24.4. The van der Waals surface area contributed by atoms with Gasteiger partial charge >= 0.3 is 0 Å². The van der Waals surface area contributed by atoms with E-state index < -0.39 is 0 Å². The molecule has 0 amide bonds. The van der Waals surface area contributed by atoms with E-state index in [-0.39, 0.29) is 55.3 Å². The maximum atomic E-state index is 6.14. The molecule has 0 spiro atoms. The van der Waals surface area contributed by atoms with Gasteiger partial charge in [-0.3, -0.25) is 0 Å². The lowest BCUT2D eigenvalue weighted by molar-refractivity contribution is 0.0434. The molecule has 136 heavy (non-hydrogen) atoms. The minimum atomic E-state index is 0.0276. The van der Waals surface area contributed by atoms with E-state index in [0.29, 0.717) is 64.9 Å². The lowest BCUT2D eigenvalue weighted by atomic mass is 9.73. The summed E-state index contributed by atoms with van der Waals surface area (Å²) in [5, 5.41) is 18.9. The third kappa shape index (κ3) is 38.6. The van der Waals surface area contributed by atoms with Crippen molar-refractivity contribution in [1.29, 1.82) is 0 Å². The molecular formula is C122H190N4O10. The van der Waals surface area contributed by atoms with Crippen molar-refractivity contribution in [3.05, 3.63) is 180 Å². The molecule has 5 fully saturated rings. The first-order chi connectivity index (χ1) is 62.6. The van der Waals surface area contributed by atoms with Crippen molar-refractivity contribution in [2.24, 2.45) is 28.1 Å². The molecule has 6 aromatic carbocycles. The van der Waals surface area contributed by atoms with Gasteiger partial charge in [0.25, 0.3) is 0 Å². The molecule has 758 valence electrons. The SMILES string of the molecule is CC.CC.CC(C)(C)CC1CC(Oc2ccc3cc(C(C)(C)C)oc3c2)C1.CC(C)(C)CC1CC(Oc2ccc3cc(C(C)(C)C)oc3c2)C1.CC(C)(C)Cc1cccc(OC2CC(NC(C)(C)C)C2)c1.CC(C)(C)NC1CC(Oc2ccc3oc(C(C)(C)C)cc3c2)C1.CC(C)(C)NC1CC(Oc2ccc3oc(C(C)(C)C)cc3c2)C1.C[C@H](CNC(C)(C)C)Oc1cccc(C(C)(C)C)c1. The molecule has 0 unspecified atom stereocenters. The highest BCUT2D eigenvalue weighted by Crippen LogP contribution is 2.44. The van der Waals surface area contributed by atoms with Gasteiger partial charge in [0.1, 0.15) is 104 Å². The van der Waals surface area contributed by atoms with Crippen molar-refractivity contribution in [2.75, 3.05) is 6.54 Å². The zero-order valence-electron chi connectivity index (χ0n) is 93.2. The van der Waals surface area contributed by atoms with Crippen molar-refractivity contribution < 1.29 is 46.1 Å². The number of furan rings is 4. The van der Waals surface area contributed by atoms with E-state index in [0.717, 1.165) is 165 Å². The molecule has 4 aromatic heterocycles. The summed E-state index contributed by atoms with van der Waals surface area (Å²) >= 11 is 0. The van der Waals surface area contributed by atoms with Crippen LogP contribution in [0.5, 0.6) is 34.5 Å². The highest BCUT2D eigenvalue weighted by atomic mass is 16.5. The Hall–Kier alpha value is -7.88. The second-order valence-corrected chi connectivity index (χ2v) is 52.6. The minimum absolute atomic E-state index is 0.0276. The molecule has 5 aliphatic rings. The lowest BCUT2D eigenvalue weighted by Crippen LogP contribution is -2.53. The molecular weight excluding hydrogens is 1680 g/mol. The number of nitrogens with one attached hydrogen (secondary N) is 4. The molecule has 4 N–H and O–H groups in total. The van der Waals surface area contributed by atoms with Gasteiger partial charge in [-0.05, 0) is 327 Å². The lowest BCUT2D eigenvalue weighted by Gasteiger charge is -2.40. The minimum Gasteiger partial charge on any atom is -0.490 e. The van der Waals surface area contributed by atoms with Crippen molar-refractivity contribution in [3.8, 4) is 34.5 Å². The first-order valence-electron chi connectivity index (χ1n) is 52.0. The normalized spacial score (nSPS) is 20.6. The molecule has 4 heterocycles. The predicted octanol–water partition coefficient (Wildman–Crippen LogP) is 33.5. The average molecular weight is 1870 g/mol. The van der Waals surface area contributed by atoms with Gasteiger partial charge in [-0.15, -0.1) is 0 Å². The van der Waals surface area contributed by atoms with Gasteiger partial charge in [0, 0.05) is 102 Å². The Morgan fingerprint density at radius 2 is 0.588 bits per heavy atom. The van der Waals surface area contributed by atoms with Crippen LogP contribution < -0.4 is 49.7 Å². The number of hydrogen-bond acceptors (Lipinski definition) is 14. The maximum Gasteiger partial charge on any atom is 0.137 e. The zero-order valence-corrected chi connectivity index (χ0v) is 93.2. The fraction of sp³-hybridized carbons (Fsp3) is 0.639. The Kier molecular flexibility index (Phi) is 38.6. The molecule has 0 bridgehead atoms. The first kappa shape index (κ1) is 113. The van der Waals surface area contributed by atoms with E-state index >= 15 is 0 Å². The Balaban J connectivity index is 0.000000199. The zero-order chi connectivity index (χ0) is 102. The second kappa shape index (κ2) is 46.2. The van der Waals surface area contributed by atoms with Gasteiger partial charge < -0.3 is 67.4 Å². The average Bonchev–Trinajstić information content (AvgIpc) is 1.69. The molecule has 10 aromatic rings. The van der Waals surface area contributed by atoms with Crippen LogP contribution in [0.1, 0.15) is 395 Å². The highest BCUT2D eigenvalue weighted by molar-refractivity contribution is 5.82. The van der Waals surface area contributed by atoms with Crippen LogP contribution in [0.3, 0.4) is 0 Å². The molecule has 0 radical (unpaired) electrons. The standard InChI is InChI=1S/2C21H30O2.2C20H29NO2.C19H31NO.C17H29NO.2C2H6/c2*1-20(2,3)13-14-9-17(10-14)22-16-8-7-15-11-19(21(4,5)6)23-18(15)12-16;2*1-19(2,3)18-10-13-9-15(7-8-17(13)23-18)22-16-11-14(12-16)21-20(4,5)6;1-18(2,3)13-14-8-7-9-16(10-14)21-17-11-15(12-17)20-19(4,5)6;1-13(12-18-17(5,6)7)19-15-10-8-9-14(11-15)16(2,3)4;2*1-2/h2*7-8,11-12,14,17H,9-10,13H2,1-6H3;2*7-10,14,16,21H,11-12H2,1-6H3;7-10,15,17,20H,11-13H2,1-6H3;8-11,13,18H,12H2,1-7H3;2*1-2H3/t;;;;;13-;;/m.....1../s1. The van der Waals surface area contributed by atoms with Gasteiger partial charge in [0.2, 0.25) is 0 Å². The van der Waals surface area contributed by atoms with E-state index in [4.69, 9.17) is 46.1 Å². The van der Waals surface area contributed by atoms with E-state index in [1.807, 2.05) is 70.2 Å². The summed E-state index contributed by atoms with van der Waals surface area (Å²) in [6.07, 6.45) is 16.8. The molecule has 1 atom stereocenters. The van der Waals surface area contributed by atoms with Crippen LogP contribution in [0.4, 0.5) is 0 Å². The van der Waals surface area contributed by atoms with Crippen molar-refractivity contribution in [1.82, 2.24) is 21.3 Å². The fourth-order valence-corrected chi connectivity index (χ4v) is 17.7. The summed E-state index contributed by atoms with van der Waals surface area (Å²) in [5.41, 5.74) is 8.52. The smallest absolute Gasteiger partial charge is 0.137 e. The largest absolute Gasteiger partial charge is 0.490 e. The molecule has 5 saturated carbocycles. The summed E-state index contributed by atoms with van der Waals surface area (Å²) in [6.45, 7) is 90.8. The van der Waals surface area contributed by atoms with Crippen LogP contribution in [0.25, 0.3) is 43.9 Å². The van der Waals surface area contributed by atoms with Crippen LogP contribution in [-0.2, 0) is 33.5 Å². The molecule has 5 aliphatic carbocycles. The Labute approximate surface area is 826 Å². The number of fused-ring (bicyclic) bond motifs is 4. The number of rotatable bonds is 20. The van der Waals surface area contributed by atoms with Crippen molar-refractivity contribution in [2.45, 2.75) is 471 Å². The van der Waals surface area contributed by atoms with Crippen LogP contribution in [-0.4, -0.2) is 83.4 Å². The van der Waals surface area contributed by atoms with Crippen LogP contribution in [0, 0.1) is 28.1 Å². The molecule has 0 saturated heterocycles. The fourth-order valence-electron chi connectivity index (χ4n) is 17.7. The highest BCUT2D eigenvalue weighted by Gasteiger charge is 2.39. The molecule has 0 aliphatic heterocycles. The third-order valence-electron chi connectivity index (χ3n) is 24.4. The molecule has 14 heteroatoms. The van der Waals surface area contributed by atoms with Gasteiger partial charge in [-0.25, -0.2) is 0 Å². The first-order valence-corrected chi connectivity index (χ1v) is 52.0. The van der Waals surface area contributed by atoms with Crippen LogP contribution >= 0.6 is 0 Å². The topological polar surface area (TPSA) is 156 Å². The Bertz CT molecular complexity index is 4780. The number of ether oxygens (including phenoxy) is 6. The maximum absolute atomic E-state index is 6.14. The van der Waals surface area contributed by atoms with Gasteiger partial charge in [-0.2, -0.15) is 0 Å². The van der Waals surface area contributed by atoms with Gasteiger partial charge in [0.05, 0.1) is 12.2 Å². The summed E-state index contributed by atoms with van der Waals surface area (Å²) in [6, 6.07) is 52.0. The summed E-state index contributed by atoms with van der Waals surface area (Å²) in [5.74, 6) is 11.5. The summed E-state index contributed by atoms with van der Waals surface area (Å²) in [4.78, 5) is 0. The number of hydrogen-bond donors (Lipinski definition) is 4.